The predicted molar refractivity (Wildman–Crippen MR) is 121 cm³/mol. The van der Waals surface area contributed by atoms with Crippen molar-refractivity contribution >= 4 is 51.6 Å². The van der Waals surface area contributed by atoms with E-state index in [2.05, 4.69) is 15.6 Å². The number of aliphatic imine (C=N–C) groups is 1. The zero-order chi connectivity index (χ0) is 19.0. The van der Waals surface area contributed by atoms with Crippen LogP contribution in [-0.4, -0.2) is 34.5 Å². The van der Waals surface area contributed by atoms with Crippen molar-refractivity contribution in [2.24, 2.45) is 10.1 Å². The highest BCUT2D eigenvalue weighted by Crippen LogP contribution is 2.14. The first-order chi connectivity index (χ1) is 12.4. The minimum absolute atomic E-state index is 0. The van der Waals surface area contributed by atoms with Crippen LogP contribution in [-0.2, 0) is 22.9 Å². The lowest BCUT2D eigenvalue weighted by atomic mass is 10.1. The van der Waals surface area contributed by atoms with Gasteiger partial charge in [-0.1, -0.05) is 41.9 Å². The van der Waals surface area contributed by atoms with Gasteiger partial charge in [-0.05, 0) is 42.2 Å². The Balaban J connectivity index is 0.00000364. The number of guanidine groups is 1. The molecule has 2 rings (SSSR count). The van der Waals surface area contributed by atoms with Gasteiger partial charge in [0.2, 0.25) is 10.0 Å². The standard InChI is InChI=1S/C18H23ClN4O2S.HI/c1-21-18(23-13-11-15-4-2-3-5-17(15)19)22-12-10-14-6-8-16(9-7-14)26(20,24)25;/h2-9H,10-13H2,1H3,(H2,20,24,25)(H2,21,22,23);1H. The van der Waals surface area contributed by atoms with E-state index in [1.54, 1.807) is 19.2 Å². The van der Waals surface area contributed by atoms with Gasteiger partial charge in [0.25, 0.3) is 0 Å². The van der Waals surface area contributed by atoms with E-state index in [-0.39, 0.29) is 28.9 Å². The van der Waals surface area contributed by atoms with Gasteiger partial charge in [-0.25, -0.2) is 13.6 Å². The van der Waals surface area contributed by atoms with E-state index in [9.17, 15) is 8.42 Å². The molecule has 0 atom stereocenters. The van der Waals surface area contributed by atoms with Crippen molar-refractivity contribution < 1.29 is 8.42 Å². The van der Waals surface area contributed by atoms with Gasteiger partial charge in [0.1, 0.15) is 0 Å². The lowest BCUT2D eigenvalue weighted by Crippen LogP contribution is -2.39. The molecule has 0 unspecified atom stereocenters. The molecular weight excluding hydrogens is 499 g/mol. The van der Waals surface area contributed by atoms with Gasteiger partial charge in [0.15, 0.2) is 5.96 Å². The summed E-state index contributed by atoms with van der Waals surface area (Å²) in [5.41, 5.74) is 2.10. The van der Waals surface area contributed by atoms with Crippen molar-refractivity contribution in [3.63, 3.8) is 0 Å². The van der Waals surface area contributed by atoms with Crippen molar-refractivity contribution in [2.75, 3.05) is 20.1 Å². The molecular formula is C18H24ClIN4O2S. The number of halogens is 2. The molecule has 0 heterocycles. The molecule has 0 radical (unpaired) electrons. The van der Waals surface area contributed by atoms with Gasteiger partial charge in [-0.2, -0.15) is 0 Å². The Morgan fingerprint density at radius 3 is 2.19 bits per heavy atom. The number of sulfonamides is 1. The molecule has 0 aliphatic rings. The fourth-order valence-corrected chi connectivity index (χ4v) is 3.15. The number of primary sulfonamides is 1. The third-order valence-electron chi connectivity index (χ3n) is 3.83. The summed E-state index contributed by atoms with van der Waals surface area (Å²) in [6.45, 7) is 1.38. The fourth-order valence-electron chi connectivity index (χ4n) is 2.41. The van der Waals surface area contributed by atoms with Crippen LogP contribution in [0.2, 0.25) is 5.02 Å². The van der Waals surface area contributed by atoms with Crippen LogP contribution < -0.4 is 15.8 Å². The number of nitrogens with zero attached hydrogens (tertiary/aromatic N) is 1. The monoisotopic (exact) mass is 522 g/mol. The summed E-state index contributed by atoms with van der Waals surface area (Å²) in [5, 5.41) is 12.3. The summed E-state index contributed by atoms with van der Waals surface area (Å²) in [6.07, 6.45) is 1.53. The number of hydrogen-bond acceptors (Lipinski definition) is 3. The van der Waals surface area contributed by atoms with Crippen molar-refractivity contribution in [2.45, 2.75) is 17.7 Å². The maximum absolute atomic E-state index is 11.2. The first kappa shape index (κ1) is 23.7. The second-order valence-corrected chi connectivity index (χ2v) is 7.67. The van der Waals surface area contributed by atoms with E-state index in [4.69, 9.17) is 16.7 Å². The maximum Gasteiger partial charge on any atom is 0.238 e. The average molecular weight is 523 g/mol. The van der Waals surface area contributed by atoms with Crippen LogP contribution in [0.25, 0.3) is 0 Å². The predicted octanol–water partition coefficient (Wildman–Crippen LogP) is 2.56. The average Bonchev–Trinajstić information content (AvgIpc) is 2.61. The summed E-state index contributed by atoms with van der Waals surface area (Å²) >= 11 is 6.14. The third-order valence-corrected chi connectivity index (χ3v) is 5.12. The second kappa shape index (κ2) is 11.5. The molecule has 4 N–H and O–H groups in total. The lowest BCUT2D eigenvalue weighted by molar-refractivity contribution is 0.598. The molecule has 0 bridgehead atoms. The molecule has 6 nitrogen and oxygen atoms in total. The molecule has 148 valence electrons. The summed E-state index contributed by atoms with van der Waals surface area (Å²) in [4.78, 5) is 4.30. The van der Waals surface area contributed by atoms with Crippen molar-refractivity contribution in [1.29, 1.82) is 0 Å². The van der Waals surface area contributed by atoms with Crippen LogP contribution in [0.1, 0.15) is 11.1 Å². The van der Waals surface area contributed by atoms with Crippen LogP contribution in [0, 0.1) is 0 Å². The topological polar surface area (TPSA) is 96.6 Å². The molecule has 0 aliphatic carbocycles. The zero-order valence-corrected chi connectivity index (χ0v) is 18.9. The first-order valence-corrected chi connectivity index (χ1v) is 10.1. The molecule has 0 amide bonds. The largest absolute Gasteiger partial charge is 0.356 e. The molecule has 2 aromatic carbocycles. The van der Waals surface area contributed by atoms with Crippen LogP contribution >= 0.6 is 35.6 Å². The van der Waals surface area contributed by atoms with Crippen molar-refractivity contribution in [3.05, 3.63) is 64.7 Å². The number of nitrogens with one attached hydrogen (secondary N) is 2. The highest BCUT2D eigenvalue weighted by atomic mass is 127. The molecule has 0 aromatic heterocycles. The normalized spacial score (nSPS) is 11.6. The third kappa shape index (κ3) is 8.04. The van der Waals surface area contributed by atoms with Crippen molar-refractivity contribution in [1.82, 2.24) is 10.6 Å². The summed E-state index contributed by atoms with van der Waals surface area (Å²) in [5.74, 6) is 0.707. The molecule has 0 spiro atoms. The molecule has 27 heavy (non-hydrogen) atoms. The summed E-state index contributed by atoms with van der Waals surface area (Å²) < 4.78 is 22.5. The van der Waals surface area contributed by atoms with Gasteiger partial charge >= 0.3 is 0 Å². The quantitative estimate of drug-likeness (QED) is 0.296. The first-order valence-electron chi connectivity index (χ1n) is 8.20. The second-order valence-electron chi connectivity index (χ2n) is 5.71. The Morgan fingerprint density at radius 1 is 1.04 bits per heavy atom. The molecule has 9 heteroatoms. The molecule has 2 aromatic rings. The molecule has 0 saturated heterocycles. The smallest absolute Gasteiger partial charge is 0.238 e. The highest BCUT2D eigenvalue weighted by molar-refractivity contribution is 14.0. The molecule has 0 fully saturated rings. The summed E-state index contributed by atoms with van der Waals surface area (Å²) in [6, 6.07) is 14.3. The minimum Gasteiger partial charge on any atom is -0.356 e. The van der Waals surface area contributed by atoms with Crippen molar-refractivity contribution in [3.8, 4) is 0 Å². The zero-order valence-electron chi connectivity index (χ0n) is 15.0. The van der Waals surface area contributed by atoms with Gasteiger partial charge in [-0.15, -0.1) is 24.0 Å². The van der Waals surface area contributed by atoms with E-state index in [0.29, 0.717) is 19.0 Å². The number of hydrogen-bond donors (Lipinski definition) is 3. The lowest BCUT2D eigenvalue weighted by Gasteiger charge is -2.12. The van der Waals surface area contributed by atoms with Gasteiger partial charge in [0.05, 0.1) is 4.90 Å². The van der Waals surface area contributed by atoms with E-state index < -0.39 is 10.0 Å². The Hall–Kier alpha value is -1.36. The van der Waals surface area contributed by atoms with Crippen LogP contribution in [0.4, 0.5) is 0 Å². The van der Waals surface area contributed by atoms with Gasteiger partial charge < -0.3 is 10.6 Å². The van der Waals surface area contributed by atoms with Crippen LogP contribution in [0.5, 0.6) is 0 Å². The van der Waals surface area contributed by atoms with Crippen LogP contribution in [0.15, 0.2) is 58.4 Å². The van der Waals surface area contributed by atoms with Gasteiger partial charge in [-0.3, -0.25) is 4.99 Å². The fraction of sp³-hybridized carbons (Fsp3) is 0.278. The summed E-state index contributed by atoms with van der Waals surface area (Å²) in [7, 11) is -1.93. The van der Waals surface area contributed by atoms with Crippen LogP contribution in [0.3, 0.4) is 0 Å². The minimum atomic E-state index is -3.65. The molecule has 0 aliphatic heterocycles. The number of benzene rings is 2. The SMILES string of the molecule is CN=C(NCCc1ccc(S(N)(=O)=O)cc1)NCCc1ccccc1Cl.I. The molecule has 0 saturated carbocycles. The number of nitrogens with two attached hydrogens (primary N) is 1. The Bertz CT molecular complexity index is 858. The Kier molecular flexibility index (Phi) is 10.1. The van der Waals surface area contributed by atoms with Gasteiger partial charge in [0, 0.05) is 25.2 Å². The number of rotatable bonds is 7. The van der Waals surface area contributed by atoms with E-state index in [1.807, 2.05) is 24.3 Å². The Morgan fingerprint density at radius 2 is 1.63 bits per heavy atom. The highest BCUT2D eigenvalue weighted by Gasteiger charge is 2.06. The van der Waals surface area contributed by atoms with E-state index >= 15 is 0 Å². The Labute approximate surface area is 182 Å². The van der Waals surface area contributed by atoms with E-state index in [0.717, 1.165) is 29.0 Å². The van der Waals surface area contributed by atoms with E-state index in [1.165, 1.54) is 12.1 Å². The maximum atomic E-state index is 11.2.